The van der Waals surface area contributed by atoms with Crippen molar-refractivity contribution in [1.29, 1.82) is 0 Å². The number of benzene rings is 2. The van der Waals surface area contributed by atoms with Crippen LogP contribution in [0.1, 0.15) is 24.4 Å². The van der Waals surface area contributed by atoms with Gasteiger partial charge in [0.15, 0.2) is 0 Å². The van der Waals surface area contributed by atoms with Crippen LogP contribution < -0.4 is 9.62 Å². The van der Waals surface area contributed by atoms with Crippen molar-refractivity contribution >= 4 is 15.7 Å². The zero-order valence-electron chi connectivity index (χ0n) is 16.0. The molecular formula is C20H25F2N3O2S. The van der Waals surface area contributed by atoms with Gasteiger partial charge in [0, 0.05) is 32.4 Å². The van der Waals surface area contributed by atoms with Crippen LogP contribution in [-0.4, -0.2) is 47.0 Å². The quantitative estimate of drug-likeness (QED) is 0.763. The van der Waals surface area contributed by atoms with Crippen molar-refractivity contribution in [3.8, 4) is 0 Å². The van der Waals surface area contributed by atoms with E-state index < -0.39 is 26.6 Å². The predicted molar refractivity (Wildman–Crippen MR) is 106 cm³/mol. The minimum atomic E-state index is -4.17. The van der Waals surface area contributed by atoms with Gasteiger partial charge < -0.3 is 4.90 Å². The van der Waals surface area contributed by atoms with E-state index in [1.165, 1.54) is 0 Å². The molecule has 5 nitrogen and oxygen atoms in total. The summed E-state index contributed by atoms with van der Waals surface area (Å²) in [7, 11) is -0.262. The van der Waals surface area contributed by atoms with Crippen LogP contribution in [0.3, 0.4) is 0 Å². The van der Waals surface area contributed by atoms with E-state index in [0.29, 0.717) is 6.07 Å². The molecule has 2 aromatic rings. The summed E-state index contributed by atoms with van der Waals surface area (Å²) in [6.07, 6.45) is 2.11. The molecule has 1 heterocycles. The second kappa shape index (κ2) is 8.55. The van der Waals surface area contributed by atoms with Crippen molar-refractivity contribution in [3.63, 3.8) is 0 Å². The van der Waals surface area contributed by atoms with Gasteiger partial charge in [0.1, 0.15) is 16.5 Å². The van der Waals surface area contributed by atoms with Crippen LogP contribution in [0, 0.1) is 11.6 Å². The van der Waals surface area contributed by atoms with Crippen LogP contribution in [0.4, 0.5) is 14.5 Å². The smallest absolute Gasteiger partial charge is 0.243 e. The van der Waals surface area contributed by atoms with Gasteiger partial charge in [-0.15, -0.1) is 0 Å². The average Bonchev–Trinajstić information content (AvgIpc) is 3.18. The highest BCUT2D eigenvalue weighted by molar-refractivity contribution is 7.89. The van der Waals surface area contributed by atoms with Crippen molar-refractivity contribution < 1.29 is 17.2 Å². The first kappa shape index (κ1) is 20.7. The molecule has 0 unspecified atom stereocenters. The number of hydrogen-bond donors (Lipinski definition) is 1. The largest absolute Gasteiger partial charge is 0.378 e. The molecule has 8 heteroatoms. The molecule has 3 rings (SSSR count). The molecule has 1 atom stereocenters. The van der Waals surface area contributed by atoms with E-state index in [2.05, 4.69) is 9.62 Å². The molecule has 1 aliphatic heterocycles. The van der Waals surface area contributed by atoms with E-state index in [0.717, 1.165) is 49.3 Å². The van der Waals surface area contributed by atoms with Crippen LogP contribution in [0.2, 0.25) is 0 Å². The summed E-state index contributed by atoms with van der Waals surface area (Å²) in [5.74, 6) is -1.76. The third-order valence-electron chi connectivity index (χ3n) is 5.03. The van der Waals surface area contributed by atoms with E-state index in [9.17, 15) is 17.2 Å². The Hall–Kier alpha value is -2.03. The van der Waals surface area contributed by atoms with E-state index in [-0.39, 0.29) is 12.6 Å². The fraction of sp³-hybridized carbons (Fsp3) is 0.400. The molecule has 152 valence electrons. The highest BCUT2D eigenvalue weighted by atomic mass is 32.2. The summed E-state index contributed by atoms with van der Waals surface area (Å²) in [6, 6.07) is 10.2. The third-order valence-corrected chi connectivity index (χ3v) is 6.46. The first-order chi connectivity index (χ1) is 13.3. The Labute approximate surface area is 165 Å². The van der Waals surface area contributed by atoms with Gasteiger partial charge in [-0.3, -0.25) is 4.90 Å². The number of sulfonamides is 1. The van der Waals surface area contributed by atoms with Crippen molar-refractivity contribution in [2.75, 3.05) is 38.6 Å². The maximum atomic E-state index is 13.9. The van der Waals surface area contributed by atoms with Gasteiger partial charge in [-0.1, -0.05) is 12.1 Å². The van der Waals surface area contributed by atoms with Gasteiger partial charge in [-0.2, -0.15) is 0 Å². The standard InChI is InChI=1S/C20H25F2N3O2S/c1-24(2)17-8-5-15(6-9-17)19(25-11-3-4-12-25)14-23-28(26,27)20-13-16(21)7-10-18(20)22/h5-10,13,19,23H,3-4,11-12,14H2,1-2H3/t19-/m0/s1. The lowest BCUT2D eigenvalue weighted by atomic mass is 10.1. The minimum Gasteiger partial charge on any atom is -0.378 e. The third kappa shape index (κ3) is 4.68. The van der Waals surface area contributed by atoms with Crippen LogP contribution in [-0.2, 0) is 10.0 Å². The number of hydrogen-bond acceptors (Lipinski definition) is 4. The number of nitrogens with zero attached hydrogens (tertiary/aromatic N) is 2. The van der Waals surface area contributed by atoms with E-state index in [1.807, 2.05) is 43.3 Å². The molecule has 0 bridgehead atoms. The Balaban J connectivity index is 1.82. The van der Waals surface area contributed by atoms with Gasteiger partial charge in [0.05, 0.1) is 0 Å². The highest BCUT2D eigenvalue weighted by Crippen LogP contribution is 2.27. The van der Waals surface area contributed by atoms with Crippen molar-refractivity contribution in [2.24, 2.45) is 0 Å². The second-order valence-electron chi connectivity index (χ2n) is 7.17. The first-order valence-corrected chi connectivity index (χ1v) is 10.7. The molecule has 1 fully saturated rings. The van der Waals surface area contributed by atoms with Gasteiger partial charge in [-0.05, 0) is 61.8 Å². The summed E-state index contributed by atoms with van der Waals surface area (Å²) in [5.41, 5.74) is 2.03. The summed E-state index contributed by atoms with van der Waals surface area (Å²) in [4.78, 5) is 3.54. The number of anilines is 1. The van der Waals surface area contributed by atoms with Crippen molar-refractivity contribution in [1.82, 2.24) is 9.62 Å². The van der Waals surface area contributed by atoms with Gasteiger partial charge in [0.2, 0.25) is 10.0 Å². The molecular weight excluding hydrogens is 384 g/mol. The van der Waals surface area contributed by atoms with Gasteiger partial charge in [0.25, 0.3) is 0 Å². The number of nitrogens with one attached hydrogen (secondary N) is 1. The topological polar surface area (TPSA) is 52.7 Å². The Morgan fingerprint density at radius 3 is 2.32 bits per heavy atom. The van der Waals surface area contributed by atoms with E-state index >= 15 is 0 Å². The first-order valence-electron chi connectivity index (χ1n) is 9.24. The van der Waals surface area contributed by atoms with Crippen LogP contribution in [0.5, 0.6) is 0 Å². The Morgan fingerprint density at radius 2 is 1.71 bits per heavy atom. The molecule has 0 aromatic heterocycles. The van der Waals surface area contributed by atoms with Crippen LogP contribution in [0.15, 0.2) is 47.4 Å². The van der Waals surface area contributed by atoms with Crippen molar-refractivity contribution in [3.05, 3.63) is 59.7 Å². The molecule has 28 heavy (non-hydrogen) atoms. The lowest BCUT2D eigenvalue weighted by molar-refractivity contribution is 0.246. The maximum Gasteiger partial charge on any atom is 0.243 e. The van der Waals surface area contributed by atoms with Gasteiger partial charge >= 0.3 is 0 Å². The number of rotatable bonds is 7. The highest BCUT2D eigenvalue weighted by Gasteiger charge is 2.27. The van der Waals surface area contributed by atoms with Crippen LogP contribution >= 0.6 is 0 Å². The Bertz CT molecular complexity index is 912. The molecule has 0 amide bonds. The molecule has 2 aromatic carbocycles. The fourth-order valence-corrected chi connectivity index (χ4v) is 4.58. The molecule has 0 saturated carbocycles. The SMILES string of the molecule is CN(C)c1ccc([C@H](CNS(=O)(=O)c2cc(F)ccc2F)N2CCCC2)cc1. The summed E-state index contributed by atoms with van der Waals surface area (Å²) in [6.45, 7) is 1.83. The molecule has 1 N–H and O–H groups in total. The van der Waals surface area contributed by atoms with E-state index in [1.54, 1.807) is 0 Å². The van der Waals surface area contributed by atoms with Crippen molar-refractivity contribution in [2.45, 2.75) is 23.8 Å². The maximum absolute atomic E-state index is 13.9. The number of halogens is 2. The summed E-state index contributed by atoms with van der Waals surface area (Å²) >= 11 is 0. The van der Waals surface area contributed by atoms with Gasteiger partial charge in [-0.25, -0.2) is 21.9 Å². The van der Waals surface area contributed by atoms with Crippen LogP contribution in [0.25, 0.3) is 0 Å². The number of likely N-dealkylation sites (tertiary alicyclic amines) is 1. The molecule has 0 aliphatic carbocycles. The molecule has 1 saturated heterocycles. The minimum absolute atomic E-state index is 0.0829. The average molecular weight is 410 g/mol. The zero-order valence-corrected chi connectivity index (χ0v) is 16.8. The predicted octanol–water partition coefficient (Wildman–Crippen LogP) is 3.15. The molecule has 1 aliphatic rings. The Kier molecular flexibility index (Phi) is 6.32. The lowest BCUT2D eigenvalue weighted by Gasteiger charge is -2.28. The molecule has 0 radical (unpaired) electrons. The lowest BCUT2D eigenvalue weighted by Crippen LogP contribution is -2.37. The normalized spacial score (nSPS) is 16.3. The monoisotopic (exact) mass is 409 g/mol. The summed E-state index contributed by atoms with van der Waals surface area (Å²) < 4.78 is 54.9. The molecule has 0 spiro atoms. The Morgan fingerprint density at radius 1 is 1.07 bits per heavy atom. The fourth-order valence-electron chi connectivity index (χ4n) is 3.46. The van der Waals surface area contributed by atoms with E-state index in [4.69, 9.17) is 0 Å². The zero-order chi connectivity index (χ0) is 20.3. The summed E-state index contributed by atoms with van der Waals surface area (Å²) in [5, 5.41) is 0. The second-order valence-corrected chi connectivity index (χ2v) is 8.91.